The summed E-state index contributed by atoms with van der Waals surface area (Å²) in [6.45, 7) is 11.5. The Morgan fingerprint density at radius 1 is 1.07 bits per heavy atom. The summed E-state index contributed by atoms with van der Waals surface area (Å²) < 4.78 is 17.4. The number of likely N-dealkylation sites (N-methyl/N-ethyl adjacent to an activating group) is 1. The Morgan fingerprint density at radius 3 is 2.55 bits per heavy atom. The highest BCUT2D eigenvalue weighted by Crippen LogP contribution is 2.42. The van der Waals surface area contributed by atoms with Gasteiger partial charge in [0.1, 0.15) is 17.6 Å². The summed E-state index contributed by atoms with van der Waals surface area (Å²) >= 11 is 0. The van der Waals surface area contributed by atoms with E-state index in [4.69, 9.17) is 14.2 Å². The van der Waals surface area contributed by atoms with Gasteiger partial charge in [0.25, 0.3) is 11.7 Å². The first-order chi connectivity index (χ1) is 19.3. The Labute approximate surface area is 237 Å². The van der Waals surface area contributed by atoms with Crippen LogP contribution in [-0.2, 0) is 16.0 Å². The molecule has 0 aromatic heterocycles. The second kappa shape index (κ2) is 13.2. The lowest BCUT2D eigenvalue weighted by molar-refractivity contribution is -0.140. The van der Waals surface area contributed by atoms with E-state index in [1.54, 1.807) is 18.1 Å². The van der Waals surface area contributed by atoms with E-state index < -0.39 is 17.7 Å². The first-order valence-electron chi connectivity index (χ1n) is 14.4. The SMILES string of the molecule is CCCCCOc1ccc(C2/C(=C(\O)c3ccc4c(c3)CC(C)O4)C(=O)C(=O)N2CCN(CC)CC)cc1OC. The molecule has 2 aliphatic rings. The Balaban J connectivity index is 1.76. The molecule has 4 rings (SSSR count). The minimum atomic E-state index is -0.762. The van der Waals surface area contributed by atoms with Crippen molar-refractivity contribution in [3.63, 3.8) is 0 Å². The maximum Gasteiger partial charge on any atom is 0.295 e. The van der Waals surface area contributed by atoms with E-state index in [0.29, 0.717) is 42.3 Å². The van der Waals surface area contributed by atoms with Gasteiger partial charge in [0, 0.05) is 25.1 Å². The molecular formula is C32H42N2O6. The van der Waals surface area contributed by atoms with Crippen LogP contribution in [0.5, 0.6) is 17.2 Å². The predicted molar refractivity (Wildman–Crippen MR) is 155 cm³/mol. The number of ether oxygens (including phenoxy) is 3. The molecule has 0 saturated carbocycles. The van der Waals surface area contributed by atoms with E-state index in [-0.39, 0.29) is 17.4 Å². The molecule has 0 aliphatic carbocycles. The zero-order chi connectivity index (χ0) is 28.8. The summed E-state index contributed by atoms with van der Waals surface area (Å²) in [4.78, 5) is 30.7. The first kappa shape index (κ1) is 29.5. The molecule has 2 aromatic rings. The van der Waals surface area contributed by atoms with Crippen molar-refractivity contribution >= 4 is 17.4 Å². The fraction of sp³-hybridized carbons (Fsp3) is 0.500. The third-order valence-corrected chi connectivity index (χ3v) is 7.77. The lowest BCUT2D eigenvalue weighted by Crippen LogP contribution is -2.38. The summed E-state index contributed by atoms with van der Waals surface area (Å²) in [7, 11) is 1.57. The van der Waals surface area contributed by atoms with Crippen LogP contribution in [0.25, 0.3) is 5.76 Å². The first-order valence-corrected chi connectivity index (χ1v) is 14.4. The van der Waals surface area contributed by atoms with Crippen LogP contribution in [0.3, 0.4) is 0 Å². The van der Waals surface area contributed by atoms with Gasteiger partial charge in [-0.05, 0) is 67.9 Å². The number of ketones is 1. The average Bonchev–Trinajstić information content (AvgIpc) is 3.46. The fourth-order valence-corrected chi connectivity index (χ4v) is 5.48. The minimum absolute atomic E-state index is 0.0493. The van der Waals surface area contributed by atoms with Gasteiger partial charge in [0.15, 0.2) is 11.5 Å². The van der Waals surface area contributed by atoms with Crippen LogP contribution < -0.4 is 14.2 Å². The molecule has 8 heteroatoms. The Bertz CT molecular complexity index is 1250. The van der Waals surface area contributed by atoms with Crippen molar-refractivity contribution in [2.45, 2.75) is 65.5 Å². The Hall–Kier alpha value is -3.52. The topological polar surface area (TPSA) is 88.5 Å². The highest BCUT2D eigenvalue weighted by atomic mass is 16.5. The number of aliphatic hydroxyl groups is 1. The van der Waals surface area contributed by atoms with Gasteiger partial charge in [0.05, 0.1) is 25.3 Å². The third kappa shape index (κ3) is 6.12. The van der Waals surface area contributed by atoms with Crippen molar-refractivity contribution in [2.24, 2.45) is 0 Å². The molecule has 2 atom stereocenters. The van der Waals surface area contributed by atoms with E-state index in [1.165, 1.54) is 0 Å². The maximum atomic E-state index is 13.5. The number of unbranched alkanes of at least 4 members (excludes halogenated alkanes) is 2. The van der Waals surface area contributed by atoms with Crippen LogP contribution in [0.4, 0.5) is 0 Å². The number of benzene rings is 2. The Kier molecular flexibility index (Phi) is 9.74. The number of fused-ring (bicyclic) bond motifs is 1. The largest absolute Gasteiger partial charge is 0.507 e. The number of hydrogen-bond acceptors (Lipinski definition) is 7. The smallest absolute Gasteiger partial charge is 0.295 e. The summed E-state index contributed by atoms with van der Waals surface area (Å²) in [6, 6.07) is 10.1. The molecule has 2 aromatic carbocycles. The van der Waals surface area contributed by atoms with Crippen molar-refractivity contribution in [3.05, 3.63) is 58.7 Å². The van der Waals surface area contributed by atoms with Crippen LogP contribution in [0.15, 0.2) is 42.0 Å². The molecule has 1 fully saturated rings. The van der Waals surface area contributed by atoms with E-state index >= 15 is 0 Å². The number of carbonyl (C=O) groups excluding carboxylic acids is 2. The molecule has 216 valence electrons. The quantitative estimate of drug-likeness (QED) is 0.156. The van der Waals surface area contributed by atoms with E-state index in [9.17, 15) is 14.7 Å². The second-order valence-electron chi connectivity index (χ2n) is 10.4. The third-order valence-electron chi connectivity index (χ3n) is 7.77. The van der Waals surface area contributed by atoms with Gasteiger partial charge in [-0.15, -0.1) is 0 Å². The van der Waals surface area contributed by atoms with Gasteiger partial charge < -0.3 is 29.1 Å². The number of amides is 1. The number of nitrogens with zero attached hydrogens (tertiary/aromatic N) is 2. The molecule has 0 spiro atoms. The lowest BCUT2D eigenvalue weighted by atomic mass is 9.94. The molecule has 2 aliphatic heterocycles. The molecule has 1 N–H and O–H groups in total. The molecule has 40 heavy (non-hydrogen) atoms. The average molecular weight is 551 g/mol. The standard InChI is InChI=1S/C32H42N2O6/c1-6-9-10-17-39-26-14-11-22(20-27(26)38-5)29-28(31(36)32(37)34(29)16-15-33(7-2)8-3)30(35)23-12-13-25-24(19-23)18-21(4)40-25/h11-14,19-21,29,35H,6-10,15-18H2,1-5H3/b30-28+. The number of methoxy groups -OCH3 is 1. The van der Waals surface area contributed by atoms with E-state index in [1.807, 2.05) is 37.3 Å². The number of likely N-dealkylation sites (tertiary alicyclic amines) is 1. The van der Waals surface area contributed by atoms with Crippen LogP contribution in [-0.4, -0.2) is 72.6 Å². The monoisotopic (exact) mass is 550 g/mol. The maximum absolute atomic E-state index is 13.5. The minimum Gasteiger partial charge on any atom is -0.507 e. The summed E-state index contributed by atoms with van der Waals surface area (Å²) in [6.07, 6.45) is 3.89. The van der Waals surface area contributed by atoms with Gasteiger partial charge in [-0.2, -0.15) is 0 Å². The fourth-order valence-electron chi connectivity index (χ4n) is 5.48. The van der Waals surface area contributed by atoms with Crippen LogP contribution in [0.1, 0.15) is 69.7 Å². The highest BCUT2D eigenvalue weighted by molar-refractivity contribution is 6.46. The lowest BCUT2D eigenvalue weighted by Gasteiger charge is -2.28. The second-order valence-corrected chi connectivity index (χ2v) is 10.4. The normalized spacial score (nSPS) is 19.7. The van der Waals surface area contributed by atoms with Crippen molar-refractivity contribution in [1.82, 2.24) is 9.80 Å². The van der Waals surface area contributed by atoms with Crippen LogP contribution in [0, 0.1) is 0 Å². The number of carbonyl (C=O) groups is 2. The van der Waals surface area contributed by atoms with Crippen molar-refractivity contribution in [2.75, 3.05) is 39.9 Å². The highest BCUT2D eigenvalue weighted by Gasteiger charge is 2.46. The number of hydrogen-bond donors (Lipinski definition) is 1. The van der Waals surface area contributed by atoms with E-state index in [2.05, 4.69) is 25.7 Å². The number of rotatable bonds is 13. The van der Waals surface area contributed by atoms with Gasteiger partial charge in [-0.25, -0.2) is 0 Å². The molecule has 0 bridgehead atoms. The molecule has 2 heterocycles. The molecule has 1 saturated heterocycles. The number of aliphatic hydroxyl groups excluding tert-OH is 1. The van der Waals surface area contributed by atoms with Crippen LogP contribution in [0.2, 0.25) is 0 Å². The van der Waals surface area contributed by atoms with Crippen LogP contribution >= 0.6 is 0 Å². The van der Waals surface area contributed by atoms with Crippen molar-refractivity contribution in [1.29, 1.82) is 0 Å². The zero-order valence-electron chi connectivity index (χ0n) is 24.4. The van der Waals surface area contributed by atoms with Gasteiger partial charge >= 0.3 is 0 Å². The van der Waals surface area contributed by atoms with Gasteiger partial charge in [0.2, 0.25) is 0 Å². The summed E-state index contributed by atoms with van der Waals surface area (Å²) in [5.74, 6) is 0.415. The Morgan fingerprint density at radius 2 is 1.85 bits per heavy atom. The molecule has 8 nitrogen and oxygen atoms in total. The molecule has 2 unspecified atom stereocenters. The summed E-state index contributed by atoms with van der Waals surface area (Å²) in [5, 5.41) is 11.5. The zero-order valence-corrected chi connectivity index (χ0v) is 24.4. The number of Topliss-reactive ketones (excluding diaryl/α,β-unsaturated/α-hetero) is 1. The molecule has 0 radical (unpaired) electrons. The predicted octanol–water partition coefficient (Wildman–Crippen LogP) is 5.35. The molecule has 1 amide bonds. The summed E-state index contributed by atoms with van der Waals surface area (Å²) in [5.41, 5.74) is 2.22. The molecular weight excluding hydrogens is 508 g/mol. The van der Waals surface area contributed by atoms with Crippen molar-refractivity contribution < 1.29 is 28.9 Å². The van der Waals surface area contributed by atoms with Gasteiger partial charge in [-0.1, -0.05) is 39.7 Å². The van der Waals surface area contributed by atoms with E-state index in [0.717, 1.165) is 50.1 Å². The van der Waals surface area contributed by atoms with Gasteiger partial charge in [-0.3, -0.25) is 9.59 Å². The van der Waals surface area contributed by atoms with Crippen molar-refractivity contribution in [3.8, 4) is 17.2 Å².